The van der Waals surface area contributed by atoms with Gasteiger partial charge in [0.2, 0.25) is 5.91 Å². The van der Waals surface area contributed by atoms with Crippen molar-refractivity contribution in [2.24, 2.45) is 7.05 Å². The number of amides is 1. The number of benzene rings is 1. The predicted molar refractivity (Wildman–Crippen MR) is 139 cm³/mol. The molecule has 3 rings (SSSR count). The van der Waals surface area contributed by atoms with Gasteiger partial charge < -0.3 is 10.2 Å². The third kappa shape index (κ3) is 6.74. The fourth-order valence-electron chi connectivity index (χ4n) is 3.52. The molecule has 1 amide bonds. The van der Waals surface area contributed by atoms with Crippen LogP contribution in [0.25, 0.3) is 29.0 Å². The normalized spacial score (nSPS) is 11.3. The molecule has 0 fully saturated rings. The van der Waals surface area contributed by atoms with E-state index in [1.54, 1.807) is 42.0 Å². The molecule has 0 bridgehead atoms. The van der Waals surface area contributed by atoms with Crippen LogP contribution >= 0.6 is 0 Å². The van der Waals surface area contributed by atoms with Crippen LogP contribution in [0.1, 0.15) is 49.6 Å². The van der Waals surface area contributed by atoms with Crippen molar-refractivity contribution in [3.05, 3.63) is 59.3 Å². The van der Waals surface area contributed by atoms with E-state index in [0.717, 1.165) is 28.0 Å². The second-order valence-electron chi connectivity index (χ2n) is 8.48. The van der Waals surface area contributed by atoms with E-state index in [2.05, 4.69) is 41.0 Å². The van der Waals surface area contributed by atoms with Gasteiger partial charge in [-0.25, -0.2) is 4.39 Å². The number of aromatic amines is 1. The molecule has 2 heterocycles. The highest BCUT2D eigenvalue weighted by atomic mass is 19.1. The van der Waals surface area contributed by atoms with Gasteiger partial charge in [-0.3, -0.25) is 14.6 Å². The molecule has 2 aromatic heterocycles. The number of nitrogens with zero attached hydrogens (tertiary/aromatic N) is 4. The lowest BCUT2D eigenvalue weighted by atomic mass is 9.97. The third-order valence-corrected chi connectivity index (χ3v) is 4.80. The highest BCUT2D eigenvalue weighted by Crippen LogP contribution is 2.31. The van der Waals surface area contributed by atoms with Crippen molar-refractivity contribution in [2.45, 2.75) is 34.1 Å². The van der Waals surface area contributed by atoms with Crippen LogP contribution in [0.2, 0.25) is 0 Å². The summed E-state index contributed by atoms with van der Waals surface area (Å²) in [5.41, 5.74) is 5.49. The number of halogens is 1. The molecule has 0 aliphatic rings. The van der Waals surface area contributed by atoms with Gasteiger partial charge >= 0.3 is 0 Å². The molecule has 3 aromatic rings. The number of rotatable bonds is 7. The summed E-state index contributed by atoms with van der Waals surface area (Å²) in [6.45, 7) is 12.0. The Hall–Kier alpha value is -3.52. The van der Waals surface area contributed by atoms with Gasteiger partial charge in [0.15, 0.2) is 0 Å². The standard InChI is InChI=1S/C23H27FN6O.C3H8/c1-7-20-18(23(28-27-20)16-11-25-30(6)12-16)9-15(3)22-14(2)8-17(10-19(22)24)26-21(31)13-29(4)5;1-3-2/h7-12H,1,13H2,2-6H3,(H,26,31)(H,27,28);3H2,1-2H3/b15-9+;. The number of H-pyrrole nitrogens is 1. The average molecular weight is 467 g/mol. The van der Waals surface area contributed by atoms with Crippen LogP contribution in [-0.2, 0) is 11.8 Å². The Kier molecular flexibility index (Phi) is 9.50. The number of carbonyl (C=O) groups excluding carboxylic acids is 1. The summed E-state index contributed by atoms with van der Waals surface area (Å²) in [5.74, 6) is -0.598. The zero-order valence-corrected chi connectivity index (χ0v) is 21.2. The minimum Gasteiger partial charge on any atom is -0.325 e. The van der Waals surface area contributed by atoms with E-state index in [9.17, 15) is 4.79 Å². The monoisotopic (exact) mass is 466 g/mol. The van der Waals surface area contributed by atoms with Crippen LogP contribution in [-0.4, -0.2) is 51.4 Å². The van der Waals surface area contributed by atoms with Gasteiger partial charge in [-0.05, 0) is 63.4 Å². The zero-order valence-electron chi connectivity index (χ0n) is 21.2. The topological polar surface area (TPSA) is 78.8 Å². The second-order valence-corrected chi connectivity index (χ2v) is 8.48. The van der Waals surface area contributed by atoms with E-state index in [-0.39, 0.29) is 12.5 Å². The first kappa shape index (κ1) is 26.7. The lowest BCUT2D eigenvalue weighted by molar-refractivity contribution is -0.116. The summed E-state index contributed by atoms with van der Waals surface area (Å²) in [5, 5.41) is 14.3. The molecule has 0 atom stereocenters. The first-order valence-electron chi connectivity index (χ1n) is 11.2. The van der Waals surface area contributed by atoms with E-state index in [4.69, 9.17) is 0 Å². The van der Waals surface area contributed by atoms with E-state index in [1.807, 2.05) is 33.2 Å². The Morgan fingerprint density at radius 1 is 1.32 bits per heavy atom. The molecule has 2 N–H and O–H groups in total. The predicted octanol–water partition coefficient (Wildman–Crippen LogP) is 5.38. The molecule has 0 saturated heterocycles. The maximum Gasteiger partial charge on any atom is 0.238 e. The van der Waals surface area contributed by atoms with Gasteiger partial charge in [0.05, 0.1) is 18.4 Å². The largest absolute Gasteiger partial charge is 0.325 e. The number of hydrogen-bond donors (Lipinski definition) is 2. The van der Waals surface area contributed by atoms with Crippen molar-refractivity contribution in [2.75, 3.05) is 26.0 Å². The Morgan fingerprint density at radius 3 is 2.53 bits per heavy atom. The first-order valence-corrected chi connectivity index (χ1v) is 11.2. The third-order valence-electron chi connectivity index (χ3n) is 4.80. The van der Waals surface area contributed by atoms with E-state index in [1.165, 1.54) is 12.5 Å². The van der Waals surface area contributed by atoms with Crippen LogP contribution < -0.4 is 5.32 Å². The SMILES string of the molecule is C=Cc1[nH]nc(-c2cnn(C)c2)c1/C=C(\C)c1c(C)cc(NC(=O)CN(C)C)cc1F.CCC. The maximum absolute atomic E-state index is 15.1. The van der Waals surface area contributed by atoms with Gasteiger partial charge in [0.1, 0.15) is 11.5 Å². The molecule has 182 valence electrons. The molecule has 0 spiro atoms. The van der Waals surface area contributed by atoms with Crippen molar-refractivity contribution < 1.29 is 9.18 Å². The number of hydrogen-bond acceptors (Lipinski definition) is 4. The molecule has 0 aliphatic heterocycles. The molecule has 7 nitrogen and oxygen atoms in total. The molecule has 1 aromatic carbocycles. The molecule has 34 heavy (non-hydrogen) atoms. The average Bonchev–Trinajstić information content (AvgIpc) is 3.33. The van der Waals surface area contributed by atoms with Crippen molar-refractivity contribution in [1.29, 1.82) is 0 Å². The lowest BCUT2D eigenvalue weighted by Gasteiger charge is -2.14. The van der Waals surface area contributed by atoms with Gasteiger partial charge in [-0.1, -0.05) is 26.8 Å². The minimum atomic E-state index is -0.402. The summed E-state index contributed by atoms with van der Waals surface area (Å²) in [7, 11) is 5.44. The van der Waals surface area contributed by atoms with Crippen molar-refractivity contribution >= 4 is 29.3 Å². The Balaban J connectivity index is 0.00000129. The van der Waals surface area contributed by atoms with E-state index < -0.39 is 5.82 Å². The van der Waals surface area contributed by atoms with Crippen LogP contribution in [0.4, 0.5) is 10.1 Å². The van der Waals surface area contributed by atoms with Crippen LogP contribution in [0.5, 0.6) is 0 Å². The van der Waals surface area contributed by atoms with Gasteiger partial charge in [-0.2, -0.15) is 10.2 Å². The number of nitrogens with one attached hydrogen (secondary N) is 2. The number of aryl methyl sites for hydroxylation is 2. The number of aromatic nitrogens is 4. The minimum absolute atomic E-state index is 0.195. The molecule has 8 heteroatoms. The van der Waals surface area contributed by atoms with Gasteiger partial charge in [-0.15, -0.1) is 0 Å². The van der Waals surface area contributed by atoms with Crippen molar-refractivity contribution in [3.8, 4) is 11.3 Å². The van der Waals surface area contributed by atoms with Crippen molar-refractivity contribution in [3.63, 3.8) is 0 Å². The van der Waals surface area contributed by atoms with Crippen LogP contribution in [0.3, 0.4) is 0 Å². The number of allylic oxidation sites excluding steroid dienone is 1. The molecule has 0 unspecified atom stereocenters. The fourth-order valence-corrected chi connectivity index (χ4v) is 3.52. The molecular formula is C26H35FN6O. The highest BCUT2D eigenvalue weighted by Gasteiger charge is 2.16. The number of carbonyl (C=O) groups is 1. The van der Waals surface area contributed by atoms with Gasteiger partial charge in [0, 0.05) is 35.6 Å². The molecular weight excluding hydrogens is 431 g/mol. The number of anilines is 1. The molecule has 0 aliphatic carbocycles. The van der Waals surface area contributed by atoms with Crippen LogP contribution in [0.15, 0.2) is 31.1 Å². The van der Waals surface area contributed by atoms with E-state index in [0.29, 0.717) is 16.9 Å². The Morgan fingerprint density at radius 2 is 2.00 bits per heavy atom. The zero-order chi connectivity index (χ0) is 25.4. The smallest absolute Gasteiger partial charge is 0.238 e. The van der Waals surface area contributed by atoms with E-state index >= 15 is 4.39 Å². The highest BCUT2D eigenvalue weighted by molar-refractivity contribution is 5.93. The quantitative estimate of drug-likeness (QED) is 0.490. The Labute approximate surface area is 201 Å². The summed E-state index contributed by atoms with van der Waals surface area (Å²) >= 11 is 0. The van der Waals surface area contributed by atoms with Crippen LogP contribution in [0, 0.1) is 12.7 Å². The summed E-state index contributed by atoms with van der Waals surface area (Å²) in [6, 6.07) is 3.12. The number of likely N-dealkylation sites (N-methyl/N-ethyl adjacent to an activating group) is 1. The fraction of sp³-hybridized carbons (Fsp3) is 0.346. The molecule has 0 saturated carbocycles. The van der Waals surface area contributed by atoms with Crippen molar-refractivity contribution in [1.82, 2.24) is 24.9 Å². The summed E-state index contributed by atoms with van der Waals surface area (Å²) < 4.78 is 16.8. The second kappa shape index (κ2) is 12.1. The summed E-state index contributed by atoms with van der Waals surface area (Å²) in [4.78, 5) is 13.8. The van der Waals surface area contributed by atoms with Gasteiger partial charge in [0.25, 0.3) is 0 Å². The Bertz CT molecular complexity index is 1150. The lowest BCUT2D eigenvalue weighted by Crippen LogP contribution is -2.27. The first-order chi connectivity index (χ1) is 16.1. The molecule has 0 radical (unpaired) electrons. The maximum atomic E-state index is 15.1. The summed E-state index contributed by atoms with van der Waals surface area (Å²) in [6.07, 6.45) is 8.41.